The van der Waals surface area contributed by atoms with E-state index in [0.717, 1.165) is 15.2 Å². The molecule has 2 heterocycles. The number of halogens is 4. The summed E-state index contributed by atoms with van der Waals surface area (Å²) in [6, 6.07) is 5.25. The molecule has 0 saturated heterocycles. The van der Waals surface area contributed by atoms with Gasteiger partial charge >= 0.3 is 0 Å². The molecule has 7 heteroatoms. The highest BCUT2D eigenvalue weighted by atomic mass is 127. The van der Waals surface area contributed by atoms with Crippen LogP contribution in [0.2, 0.25) is 5.28 Å². The van der Waals surface area contributed by atoms with Crippen molar-refractivity contribution in [1.82, 2.24) is 14.5 Å². The molecule has 0 spiro atoms. The summed E-state index contributed by atoms with van der Waals surface area (Å²) in [6.07, 6.45) is 1.68. The molecule has 0 amide bonds. The molecule has 102 valence electrons. The van der Waals surface area contributed by atoms with Crippen LogP contribution in [-0.4, -0.2) is 14.5 Å². The fourth-order valence-corrected chi connectivity index (χ4v) is 2.65. The summed E-state index contributed by atoms with van der Waals surface area (Å²) in [7, 11) is 0. The molecule has 0 fully saturated rings. The van der Waals surface area contributed by atoms with Crippen molar-refractivity contribution in [3.63, 3.8) is 0 Å². The van der Waals surface area contributed by atoms with Crippen LogP contribution in [0.25, 0.3) is 11.2 Å². The molecular formula is C13H7ClF2IN3. The van der Waals surface area contributed by atoms with Gasteiger partial charge in [0.2, 0.25) is 5.28 Å². The Hall–Kier alpha value is -1.28. The molecule has 0 aliphatic carbocycles. The lowest BCUT2D eigenvalue weighted by Gasteiger charge is -2.06. The van der Waals surface area contributed by atoms with Gasteiger partial charge in [-0.15, -0.1) is 0 Å². The normalized spacial score (nSPS) is 11.2. The van der Waals surface area contributed by atoms with Gasteiger partial charge in [0.1, 0.15) is 11.6 Å². The highest BCUT2D eigenvalue weighted by Crippen LogP contribution is 2.22. The van der Waals surface area contributed by atoms with Crippen LogP contribution in [0.3, 0.4) is 0 Å². The molecule has 20 heavy (non-hydrogen) atoms. The Bertz CT molecular complexity index is 783. The summed E-state index contributed by atoms with van der Waals surface area (Å²) in [6.45, 7) is 0.228. The Balaban J connectivity index is 2.10. The molecule has 0 radical (unpaired) electrons. The lowest BCUT2D eigenvalue weighted by molar-refractivity contribution is 0.578. The van der Waals surface area contributed by atoms with Gasteiger partial charge in [-0.05, 0) is 58.0 Å². The summed E-state index contributed by atoms with van der Waals surface area (Å²) in [4.78, 5) is 8.29. The van der Waals surface area contributed by atoms with E-state index in [1.54, 1.807) is 10.8 Å². The Morgan fingerprint density at radius 1 is 1.15 bits per heavy atom. The molecular weight excluding hydrogens is 399 g/mol. The van der Waals surface area contributed by atoms with E-state index in [1.165, 1.54) is 12.1 Å². The van der Waals surface area contributed by atoms with E-state index in [1.807, 2.05) is 6.07 Å². The highest BCUT2D eigenvalue weighted by Gasteiger charge is 2.12. The maximum Gasteiger partial charge on any atom is 0.205 e. The maximum absolute atomic E-state index is 13.2. The second-order valence-corrected chi connectivity index (χ2v) is 5.82. The van der Waals surface area contributed by atoms with E-state index in [9.17, 15) is 8.78 Å². The van der Waals surface area contributed by atoms with Gasteiger partial charge in [-0.1, -0.05) is 0 Å². The number of aromatic nitrogens is 3. The third kappa shape index (κ3) is 2.62. The summed E-state index contributed by atoms with van der Waals surface area (Å²) in [5.74, 6) is -1.23. The SMILES string of the molecule is Fc1cc(F)cc(Cn2c(Cl)nc3ncc(I)cc32)c1. The van der Waals surface area contributed by atoms with Gasteiger partial charge in [-0.3, -0.25) is 0 Å². The number of imidazole rings is 1. The van der Waals surface area contributed by atoms with E-state index < -0.39 is 11.6 Å². The molecule has 0 unspecified atom stereocenters. The predicted octanol–water partition coefficient (Wildman–Crippen LogP) is 4.02. The van der Waals surface area contributed by atoms with Crippen molar-refractivity contribution in [3.8, 4) is 0 Å². The minimum Gasteiger partial charge on any atom is -0.309 e. The summed E-state index contributed by atoms with van der Waals surface area (Å²) in [5, 5.41) is 0.235. The molecule has 0 aliphatic heterocycles. The lowest BCUT2D eigenvalue weighted by Crippen LogP contribution is -2.01. The molecule has 0 aliphatic rings. The molecule has 0 saturated carbocycles. The van der Waals surface area contributed by atoms with Gasteiger partial charge in [-0.25, -0.2) is 13.8 Å². The largest absolute Gasteiger partial charge is 0.309 e. The van der Waals surface area contributed by atoms with E-state index in [2.05, 4.69) is 32.6 Å². The molecule has 1 aromatic carbocycles. The van der Waals surface area contributed by atoms with Crippen molar-refractivity contribution in [2.75, 3.05) is 0 Å². The molecule has 0 N–H and O–H groups in total. The average molecular weight is 406 g/mol. The zero-order valence-electron chi connectivity index (χ0n) is 9.95. The third-order valence-electron chi connectivity index (χ3n) is 2.79. The van der Waals surface area contributed by atoms with Crippen molar-refractivity contribution in [2.45, 2.75) is 6.54 Å². The van der Waals surface area contributed by atoms with Crippen molar-refractivity contribution in [3.05, 3.63) is 56.5 Å². The van der Waals surface area contributed by atoms with Crippen molar-refractivity contribution < 1.29 is 8.78 Å². The van der Waals surface area contributed by atoms with Gasteiger partial charge in [-0.2, -0.15) is 4.98 Å². The van der Waals surface area contributed by atoms with Crippen molar-refractivity contribution in [2.24, 2.45) is 0 Å². The van der Waals surface area contributed by atoms with Crippen LogP contribution in [0.4, 0.5) is 8.78 Å². The van der Waals surface area contributed by atoms with Crippen LogP contribution < -0.4 is 0 Å². The first-order chi connectivity index (χ1) is 9.52. The van der Waals surface area contributed by atoms with E-state index >= 15 is 0 Å². The number of rotatable bonds is 2. The van der Waals surface area contributed by atoms with Crippen molar-refractivity contribution in [1.29, 1.82) is 0 Å². The number of hydrogen-bond donors (Lipinski definition) is 0. The van der Waals surface area contributed by atoms with Crippen LogP contribution >= 0.6 is 34.2 Å². The topological polar surface area (TPSA) is 30.7 Å². The zero-order valence-corrected chi connectivity index (χ0v) is 12.9. The number of hydrogen-bond acceptors (Lipinski definition) is 2. The standard InChI is InChI=1S/C13H7ClF2IN3/c14-13-19-12-11(4-10(17)5-18-12)20(13)6-7-1-8(15)3-9(16)2-7/h1-5H,6H2. The Morgan fingerprint density at radius 2 is 1.85 bits per heavy atom. The van der Waals surface area contributed by atoms with Crippen molar-refractivity contribution >= 4 is 45.4 Å². The smallest absolute Gasteiger partial charge is 0.205 e. The lowest BCUT2D eigenvalue weighted by atomic mass is 10.2. The van der Waals surface area contributed by atoms with Gasteiger partial charge < -0.3 is 4.57 Å². The number of fused-ring (bicyclic) bond motifs is 1. The Labute approximate surface area is 131 Å². The van der Waals surface area contributed by atoms with Crippen LogP contribution in [0.5, 0.6) is 0 Å². The second-order valence-electron chi connectivity index (χ2n) is 4.24. The van der Waals surface area contributed by atoms with Gasteiger partial charge in [0.25, 0.3) is 0 Å². The summed E-state index contributed by atoms with van der Waals surface area (Å²) >= 11 is 8.20. The minimum absolute atomic E-state index is 0.228. The fourth-order valence-electron chi connectivity index (χ4n) is 1.99. The maximum atomic E-state index is 13.2. The first kappa shape index (κ1) is 13.7. The van der Waals surface area contributed by atoms with Gasteiger partial charge in [0.15, 0.2) is 5.65 Å². The van der Waals surface area contributed by atoms with E-state index in [4.69, 9.17) is 11.6 Å². The summed E-state index contributed by atoms with van der Waals surface area (Å²) < 4.78 is 29.0. The quantitative estimate of drug-likeness (QED) is 0.603. The average Bonchev–Trinajstić information content (AvgIpc) is 2.65. The van der Waals surface area contributed by atoms with E-state index in [-0.39, 0.29) is 11.8 Å². The monoisotopic (exact) mass is 405 g/mol. The van der Waals surface area contributed by atoms with Crippen LogP contribution in [0, 0.1) is 15.2 Å². The van der Waals surface area contributed by atoms with Gasteiger partial charge in [0.05, 0.1) is 12.1 Å². The third-order valence-corrected chi connectivity index (χ3v) is 3.67. The molecule has 0 bridgehead atoms. The first-order valence-corrected chi connectivity index (χ1v) is 7.11. The summed E-state index contributed by atoms with van der Waals surface area (Å²) in [5.41, 5.74) is 1.71. The molecule has 0 atom stereocenters. The second kappa shape index (κ2) is 5.25. The zero-order chi connectivity index (χ0) is 14.3. The Morgan fingerprint density at radius 3 is 2.55 bits per heavy atom. The number of nitrogens with zero attached hydrogens (tertiary/aromatic N) is 3. The molecule has 3 aromatic rings. The van der Waals surface area contributed by atoms with E-state index in [0.29, 0.717) is 11.2 Å². The minimum atomic E-state index is -0.617. The fraction of sp³-hybridized carbons (Fsp3) is 0.0769. The van der Waals surface area contributed by atoms with Crippen LogP contribution in [0.15, 0.2) is 30.5 Å². The number of benzene rings is 1. The van der Waals surface area contributed by atoms with Gasteiger partial charge in [0, 0.05) is 15.8 Å². The highest BCUT2D eigenvalue weighted by molar-refractivity contribution is 14.1. The Kier molecular flexibility index (Phi) is 3.59. The predicted molar refractivity (Wildman–Crippen MR) is 80.7 cm³/mol. The number of pyridine rings is 1. The van der Waals surface area contributed by atoms with Crippen LogP contribution in [0.1, 0.15) is 5.56 Å². The van der Waals surface area contributed by atoms with Crippen LogP contribution in [-0.2, 0) is 6.54 Å². The molecule has 2 aromatic heterocycles. The first-order valence-electron chi connectivity index (χ1n) is 5.65. The molecule has 3 nitrogen and oxygen atoms in total. The molecule has 3 rings (SSSR count).